The molecule has 98 valence electrons. The van der Waals surface area contributed by atoms with Crippen LogP contribution in [0.2, 0.25) is 0 Å². The summed E-state index contributed by atoms with van der Waals surface area (Å²) in [7, 11) is 0. The summed E-state index contributed by atoms with van der Waals surface area (Å²) in [6, 6.07) is 4.20. The molecule has 0 bridgehead atoms. The van der Waals surface area contributed by atoms with Crippen LogP contribution in [0.15, 0.2) is 24.5 Å². The van der Waals surface area contributed by atoms with Crippen LogP contribution in [0, 0.1) is 13.8 Å². The zero-order valence-electron chi connectivity index (χ0n) is 12.7. The van der Waals surface area contributed by atoms with Gasteiger partial charge in [-0.05, 0) is 37.1 Å². The highest BCUT2D eigenvalue weighted by molar-refractivity contribution is 5.54. The standard InChI is InChI=1S/C9H10N2.3C2H6/c1-7-3-4-11-9(5-7)8(2)6-10-11;3*1-2/h3-6H,1-2H3;3*1-2H3. The van der Waals surface area contributed by atoms with Gasteiger partial charge in [0.25, 0.3) is 0 Å². The van der Waals surface area contributed by atoms with E-state index in [0.29, 0.717) is 0 Å². The molecule has 0 aromatic carbocycles. The molecule has 0 amide bonds. The molecule has 0 saturated heterocycles. The maximum absolute atomic E-state index is 4.18. The van der Waals surface area contributed by atoms with Crippen molar-refractivity contribution in [3.63, 3.8) is 0 Å². The van der Waals surface area contributed by atoms with Crippen LogP contribution >= 0.6 is 0 Å². The third-order valence-electron chi connectivity index (χ3n) is 1.87. The van der Waals surface area contributed by atoms with Gasteiger partial charge >= 0.3 is 0 Å². The van der Waals surface area contributed by atoms with E-state index in [0.717, 1.165) is 0 Å². The Morgan fingerprint density at radius 2 is 1.47 bits per heavy atom. The summed E-state index contributed by atoms with van der Waals surface area (Å²) in [6.07, 6.45) is 3.87. The van der Waals surface area contributed by atoms with Crippen molar-refractivity contribution in [1.82, 2.24) is 9.61 Å². The minimum Gasteiger partial charge on any atom is -0.241 e. The van der Waals surface area contributed by atoms with Crippen molar-refractivity contribution in [2.75, 3.05) is 0 Å². The third-order valence-corrected chi connectivity index (χ3v) is 1.87. The van der Waals surface area contributed by atoms with Crippen molar-refractivity contribution < 1.29 is 0 Å². The van der Waals surface area contributed by atoms with Gasteiger partial charge in [0, 0.05) is 6.20 Å². The lowest BCUT2D eigenvalue weighted by atomic mass is 10.2. The Balaban J connectivity index is 0. The normalized spacial score (nSPS) is 8.00. The van der Waals surface area contributed by atoms with E-state index in [-0.39, 0.29) is 0 Å². The summed E-state index contributed by atoms with van der Waals surface area (Å²) < 4.78 is 1.89. The van der Waals surface area contributed by atoms with E-state index in [2.05, 4.69) is 31.1 Å². The first-order valence-corrected chi connectivity index (χ1v) is 6.68. The molecule has 17 heavy (non-hydrogen) atoms. The Kier molecular flexibility index (Phi) is 11.9. The van der Waals surface area contributed by atoms with Crippen LogP contribution in [0.5, 0.6) is 0 Å². The van der Waals surface area contributed by atoms with Gasteiger partial charge in [-0.3, -0.25) is 0 Å². The van der Waals surface area contributed by atoms with Crippen LogP contribution < -0.4 is 0 Å². The quantitative estimate of drug-likeness (QED) is 0.627. The van der Waals surface area contributed by atoms with Crippen molar-refractivity contribution in [1.29, 1.82) is 0 Å². The number of rotatable bonds is 0. The van der Waals surface area contributed by atoms with Crippen LogP contribution in [0.3, 0.4) is 0 Å². The van der Waals surface area contributed by atoms with Crippen molar-refractivity contribution in [3.05, 3.63) is 35.7 Å². The smallest absolute Gasteiger partial charge is 0.0693 e. The van der Waals surface area contributed by atoms with Gasteiger partial charge in [0.15, 0.2) is 0 Å². The highest BCUT2D eigenvalue weighted by Crippen LogP contribution is 2.09. The SMILES string of the molecule is CC.CC.CC.Cc1ccn2ncc(C)c2c1. The van der Waals surface area contributed by atoms with E-state index in [1.807, 2.05) is 58.5 Å². The Morgan fingerprint density at radius 3 is 2.00 bits per heavy atom. The Labute approximate surface area is 107 Å². The lowest BCUT2D eigenvalue weighted by Crippen LogP contribution is -1.85. The molecule has 0 fully saturated rings. The molecule has 0 aliphatic heterocycles. The predicted octanol–water partition coefficient (Wildman–Crippen LogP) is 5.03. The second-order valence-corrected chi connectivity index (χ2v) is 2.86. The highest BCUT2D eigenvalue weighted by Gasteiger charge is 1.96. The molecule has 2 rings (SSSR count). The molecule has 0 saturated carbocycles. The summed E-state index contributed by atoms with van der Waals surface area (Å²) in [5, 5.41) is 4.18. The number of aromatic nitrogens is 2. The van der Waals surface area contributed by atoms with Gasteiger partial charge in [-0.1, -0.05) is 41.5 Å². The molecular formula is C15H28N2. The Hall–Kier alpha value is -1.31. The molecule has 0 N–H and O–H groups in total. The fourth-order valence-electron chi connectivity index (χ4n) is 1.21. The van der Waals surface area contributed by atoms with Crippen LogP contribution in [-0.2, 0) is 0 Å². The molecule has 2 aromatic heterocycles. The Morgan fingerprint density at radius 1 is 0.941 bits per heavy atom. The van der Waals surface area contributed by atoms with Crippen molar-refractivity contribution in [3.8, 4) is 0 Å². The molecule has 2 aromatic rings. The first-order chi connectivity index (χ1) is 8.27. The zero-order valence-corrected chi connectivity index (χ0v) is 12.7. The van der Waals surface area contributed by atoms with Gasteiger partial charge in [0.05, 0.1) is 11.7 Å². The molecule has 2 heterocycles. The summed E-state index contributed by atoms with van der Waals surface area (Å²) in [5.74, 6) is 0. The van der Waals surface area contributed by atoms with E-state index in [1.165, 1.54) is 16.6 Å². The number of hydrogen-bond donors (Lipinski definition) is 0. The topological polar surface area (TPSA) is 17.3 Å². The second kappa shape index (κ2) is 11.2. The molecule has 0 unspecified atom stereocenters. The first-order valence-electron chi connectivity index (χ1n) is 6.68. The highest BCUT2D eigenvalue weighted by atomic mass is 15.2. The monoisotopic (exact) mass is 236 g/mol. The van der Waals surface area contributed by atoms with E-state index in [4.69, 9.17) is 0 Å². The van der Waals surface area contributed by atoms with E-state index >= 15 is 0 Å². The van der Waals surface area contributed by atoms with Gasteiger partial charge in [-0.25, -0.2) is 4.52 Å². The van der Waals surface area contributed by atoms with E-state index in [9.17, 15) is 0 Å². The van der Waals surface area contributed by atoms with Crippen molar-refractivity contribution in [2.24, 2.45) is 0 Å². The fourth-order valence-corrected chi connectivity index (χ4v) is 1.21. The lowest BCUT2D eigenvalue weighted by molar-refractivity contribution is 0.958. The van der Waals surface area contributed by atoms with Crippen molar-refractivity contribution in [2.45, 2.75) is 55.4 Å². The zero-order chi connectivity index (χ0) is 13.8. The maximum atomic E-state index is 4.18. The number of pyridine rings is 1. The van der Waals surface area contributed by atoms with Crippen LogP contribution in [0.4, 0.5) is 0 Å². The van der Waals surface area contributed by atoms with Crippen LogP contribution in [0.25, 0.3) is 5.52 Å². The summed E-state index contributed by atoms with van der Waals surface area (Å²) in [5.41, 5.74) is 3.71. The molecular weight excluding hydrogens is 208 g/mol. The molecule has 2 nitrogen and oxygen atoms in total. The fraction of sp³-hybridized carbons (Fsp3) is 0.533. The molecule has 0 atom stereocenters. The molecule has 2 heteroatoms. The molecule has 0 radical (unpaired) electrons. The first kappa shape index (κ1) is 18.1. The van der Waals surface area contributed by atoms with Gasteiger partial charge in [-0.2, -0.15) is 5.10 Å². The second-order valence-electron chi connectivity index (χ2n) is 2.86. The number of hydrogen-bond acceptors (Lipinski definition) is 1. The molecule has 0 aliphatic rings. The predicted molar refractivity (Wildman–Crippen MR) is 78.7 cm³/mol. The molecule has 0 spiro atoms. The third kappa shape index (κ3) is 5.53. The van der Waals surface area contributed by atoms with Crippen LogP contribution in [0.1, 0.15) is 52.7 Å². The average Bonchev–Trinajstić information content (AvgIpc) is 2.78. The van der Waals surface area contributed by atoms with E-state index < -0.39 is 0 Å². The van der Waals surface area contributed by atoms with Gasteiger partial charge in [0.1, 0.15) is 0 Å². The van der Waals surface area contributed by atoms with Gasteiger partial charge in [-0.15, -0.1) is 0 Å². The summed E-state index contributed by atoms with van der Waals surface area (Å²) in [4.78, 5) is 0. The summed E-state index contributed by atoms with van der Waals surface area (Å²) >= 11 is 0. The van der Waals surface area contributed by atoms with Crippen LogP contribution in [-0.4, -0.2) is 9.61 Å². The lowest BCUT2D eigenvalue weighted by Gasteiger charge is -1.94. The summed E-state index contributed by atoms with van der Waals surface area (Å²) in [6.45, 7) is 16.2. The minimum absolute atomic E-state index is 1.20. The average molecular weight is 236 g/mol. The largest absolute Gasteiger partial charge is 0.241 e. The van der Waals surface area contributed by atoms with Gasteiger partial charge < -0.3 is 0 Å². The number of fused-ring (bicyclic) bond motifs is 1. The van der Waals surface area contributed by atoms with E-state index in [1.54, 1.807) is 0 Å². The van der Waals surface area contributed by atoms with Crippen molar-refractivity contribution >= 4 is 5.52 Å². The van der Waals surface area contributed by atoms with Gasteiger partial charge in [0.2, 0.25) is 0 Å². The Bertz CT molecular complexity index is 389. The minimum atomic E-state index is 1.20. The maximum Gasteiger partial charge on any atom is 0.0693 e. The number of nitrogens with zero attached hydrogens (tertiary/aromatic N) is 2. The number of aryl methyl sites for hydroxylation is 2. The molecule has 0 aliphatic carbocycles.